The van der Waals surface area contributed by atoms with Gasteiger partial charge in [0.25, 0.3) is 0 Å². The third-order valence-corrected chi connectivity index (χ3v) is 6.45. The molecule has 1 aliphatic heterocycles. The van der Waals surface area contributed by atoms with E-state index in [0.717, 1.165) is 46.0 Å². The van der Waals surface area contributed by atoms with Crippen molar-refractivity contribution in [2.45, 2.75) is 30.2 Å². The fourth-order valence-electron chi connectivity index (χ4n) is 3.81. The van der Waals surface area contributed by atoms with E-state index in [1.54, 1.807) is 12.1 Å². The fourth-order valence-corrected chi connectivity index (χ4v) is 4.99. The van der Waals surface area contributed by atoms with Gasteiger partial charge in [-0.1, -0.05) is 37.3 Å². The summed E-state index contributed by atoms with van der Waals surface area (Å²) >= 11 is 1.88. The van der Waals surface area contributed by atoms with Gasteiger partial charge in [0.05, 0.1) is 16.8 Å². The van der Waals surface area contributed by atoms with Crippen molar-refractivity contribution in [3.05, 3.63) is 60.2 Å². The molecule has 0 aliphatic carbocycles. The van der Waals surface area contributed by atoms with Crippen LogP contribution in [0.5, 0.6) is 0 Å². The van der Waals surface area contributed by atoms with Crippen molar-refractivity contribution in [1.29, 1.82) is 0 Å². The van der Waals surface area contributed by atoms with Crippen LogP contribution < -0.4 is 0 Å². The van der Waals surface area contributed by atoms with E-state index in [0.29, 0.717) is 10.8 Å². The Hall–Kier alpha value is -2.79. The summed E-state index contributed by atoms with van der Waals surface area (Å²) in [7, 11) is 0. The number of aromatic nitrogens is 2. The molecule has 5 rings (SSSR count). The average Bonchev–Trinajstić information content (AvgIpc) is 2.99. The molecule has 2 aromatic heterocycles. The van der Waals surface area contributed by atoms with E-state index in [1.165, 1.54) is 5.03 Å². The van der Waals surface area contributed by atoms with Gasteiger partial charge in [0, 0.05) is 22.6 Å². The molecule has 0 amide bonds. The van der Waals surface area contributed by atoms with E-state index in [2.05, 4.69) is 29.7 Å². The van der Waals surface area contributed by atoms with Crippen molar-refractivity contribution in [2.24, 2.45) is 0 Å². The maximum atomic E-state index is 11.2. The van der Waals surface area contributed by atoms with E-state index in [9.17, 15) is 9.90 Å². The van der Waals surface area contributed by atoms with Gasteiger partial charge in [0.1, 0.15) is 10.5 Å². The Labute approximate surface area is 160 Å². The van der Waals surface area contributed by atoms with Crippen LogP contribution in [0.25, 0.3) is 33.1 Å². The van der Waals surface area contributed by atoms with Crippen molar-refractivity contribution in [3.8, 4) is 11.3 Å². The van der Waals surface area contributed by atoms with E-state index in [-0.39, 0.29) is 0 Å². The zero-order valence-electron chi connectivity index (χ0n) is 14.8. The normalized spacial score (nSPS) is 16.6. The van der Waals surface area contributed by atoms with Crippen molar-refractivity contribution in [1.82, 2.24) is 9.55 Å². The van der Waals surface area contributed by atoms with Gasteiger partial charge >= 0.3 is 5.97 Å². The number of aromatic carboxylic acids is 1. The smallest absolute Gasteiger partial charge is 0.335 e. The van der Waals surface area contributed by atoms with Gasteiger partial charge in [-0.05, 0) is 36.2 Å². The minimum absolute atomic E-state index is 0.306. The van der Waals surface area contributed by atoms with Crippen LogP contribution in [0.1, 0.15) is 23.7 Å². The SMILES string of the molecule is CC1CCn2c(-c3ccc(C(=O)O)cc3)c3cc4ccccc4nc3c2S1. The maximum absolute atomic E-state index is 11.2. The Balaban J connectivity index is 1.82. The molecule has 0 bridgehead atoms. The molecule has 0 radical (unpaired) electrons. The topological polar surface area (TPSA) is 55.1 Å². The number of fused-ring (bicyclic) bond motifs is 4. The first-order valence-corrected chi connectivity index (χ1v) is 9.92. The summed E-state index contributed by atoms with van der Waals surface area (Å²) in [5, 5.41) is 13.2. The molecule has 0 spiro atoms. The largest absolute Gasteiger partial charge is 0.478 e. The molecule has 1 N–H and O–H groups in total. The van der Waals surface area contributed by atoms with Crippen molar-refractivity contribution < 1.29 is 9.90 Å². The highest BCUT2D eigenvalue weighted by Crippen LogP contribution is 2.43. The third kappa shape index (κ3) is 2.61. The Morgan fingerprint density at radius 2 is 1.96 bits per heavy atom. The van der Waals surface area contributed by atoms with Gasteiger partial charge in [-0.3, -0.25) is 0 Å². The van der Waals surface area contributed by atoms with E-state index < -0.39 is 5.97 Å². The minimum Gasteiger partial charge on any atom is -0.478 e. The summed E-state index contributed by atoms with van der Waals surface area (Å²) in [5.74, 6) is -0.902. The molecule has 1 aliphatic rings. The summed E-state index contributed by atoms with van der Waals surface area (Å²) in [6, 6.07) is 17.6. The van der Waals surface area contributed by atoms with Crippen LogP contribution in [0.15, 0.2) is 59.6 Å². The Kier molecular flexibility index (Phi) is 3.72. The van der Waals surface area contributed by atoms with Crippen LogP contribution in [0.2, 0.25) is 0 Å². The Morgan fingerprint density at radius 3 is 2.74 bits per heavy atom. The minimum atomic E-state index is -0.902. The van der Waals surface area contributed by atoms with Crippen LogP contribution in [0, 0.1) is 0 Å². The number of rotatable bonds is 2. The molecule has 3 heterocycles. The summed E-state index contributed by atoms with van der Waals surface area (Å²) in [4.78, 5) is 16.2. The highest BCUT2D eigenvalue weighted by atomic mass is 32.2. The van der Waals surface area contributed by atoms with Crippen molar-refractivity contribution in [2.75, 3.05) is 0 Å². The van der Waals surface area contributed by atoms with Gasteiger partial charge in [0.2, 0.25) is 0 Å². The highest BCUT2D eigenvalue weighted by molar-refractivity contribution is 8.00. The molecule has 134 valence electrons. The standard InChI is InChI=1S/C22H18N2O2S/c1-13-10-11-24-20(14-6-8-15(9-7-14)22(25)26)17-12-16-4-2-3-5-18(16)23-19(17)21(24)27-13/h2-9,12-13H,10-11H2,1H3,(H,25,26). The van der Waals surface area contributed by atoms with Crippen LogP contribution in [0.4, 0.5) is 0 Å². The van der Waals surface area contributed by atoms with Gasteiger partial charge < -0.3 is 9.67 Å². The number of carbonyl (C=O) groups is 1. The molecule has 1 atom stereocenters. The lowest BCUT2D eigenvalue weighted by Crippen LogP contribution is -2.13. The molecule has 0 fully saturated rings. The monoisotopic (exact) mass is 374 g/mol. The van der Waals surface area contributed by atoms with E-state index in [4.69, 9.17) is 4.98 Å². The summed E-state index contributed by atoms with van der Waals surface area (Å²) in [5.41, 5.74) is 4.52. The first-order valence-electron chi connectivity index (χ1n) is 9.04. The summed E-state index contributed by atoms with van der Waals surface area (Å²) in [6.07, 6.45) is 1.11. The maximum Gasteiger partial charge on any atom is 0.335 e. The number of hydrogen-bond acceptors (Lipinski definition) is 3. The van der Waals surface area contributed by atoms with Gasteiger partial charge in [-0.15, -0.1) is 11.8 Å². The zero-order valence-corrected chi connectivity index (χ0v) is 15.7. The molecule has 0 saturated carbocycles. The lowest BCUT2D eigenvalue weighted by atomic mass is 10.0. The molecule has 0 saturated heterocycles. The zero-order chi connectivity index (χ0) is 18.5. The molecule has 4 nitrogen and oxygen atoms in total. The lowest BCUT2D eigenvalue weighted by molar-refractivity contribution is 0.0697. The third-order valence-electron chi connectivity index (χ3n) is 5.17. The molecule has 2 aromatic carbocycles. The summed E-state index contributed by atoms with van der Waals surface area (Å²) in [6.45, 7) is 3.21. The van der Waals surface area contributed by atoms with Crippen LogP contribution in [-0.2, 0) is 6.54 Å². The number of pyridine rings is 1. The van der Waals surface area contributed by atoms with Crippen molar-refractivity contribution in [3.63, 3.8) is 0 Å². The number of nitrogens with zero attached hydrogens (tertiary/aromatic N) is 2. The van der Waals surface area contributed by atoms with Crippen LogP contribution >= 0.6 is 11.8 Å². The number of benzene rings is 2. The highest BCUT2D eigenvalue weighted by Gasteiger charge is 2.25. The second-order valence-corrected chi connectivity index (χ2v) is 8.41. The second kappa shape index (κ2) is 6.13. The van der Waals surface area contributed by atoms with Crippen LogP contribution in [-0.4, -0.2) is 25.9 Å². The van der Waals surface area contributed by atoms with Gasteiger partial charge in [0.15, 0.2) is 0 Å². The fraction of sp³-hybridized carbons (Fsp3) is 0.182. The van der Waals surface area contributed by atoms with E-state index >= 15 is 0 Å². The lowest BCUT2D eigenvalue weighted by Gasteiger charge is -2.22. The molecule has 4 aromatic rings. The number of hydrogen-bond donors (Lipinski definition) is 1. The molecule has 1 unspecified atom stereocenters. The average molecular weight is 374 g/mol. The quantitative estimate of drug-likeness (QED) is 0.508. The molecule has 27 heavy (non-hydrogen) atoms. The predicted molar refractivity (Wildman–Crippen MR) is 110 cm³/mol. The first-order chi connectivity index (χ1) is 13.1. The Morgan fingerprint density at radius 1 is 1.19 bits per heavy atom. The number of carboxylic acid groups (broad SMARTS) is 1. The van der Waals surface area contributed by atoms with Crippen molar-refractivity contribution >= 4 is 39.5 Å². The molecular formula is C22H18N2O2S. The molecule has 5 heteroatoms. The number of thioether (sulfide) groups is 1. The van der Waals surface area contributed by atoms with Crippen LogP contribution in [0.3, 0.4) is 0 Å². The van der Waals surface area contributed by atoms with Gasteiger partial charge in [-0.25, -0.2) is 9.78 Å². The summed E-state index contributed by atoms with van der Waals surface area (Å²) < 4.78 is 2.36. The number of carboxylic acids is 1. The number of para-hydroxylation sites is 1. The second-order valence-electron chi connectivity index (χ2n) is 6.98. The van der Waals surface area contributed by atoms with E-state index in [1.807, 2.05) is 36.0 Å². The first kappa shape index (κ1) is 16.4. The predicted octanol–water partition coefficient (Wildman–Crippen LogP) is 5.44. The Bertz CT molecular complexity index is 1190. The van der Waals surface area contributed by atoms with Gasteiger partial charge in [-0.2, -0.15) is 0 Å². The molecular weight excluding hydrogens is 356 g/mol.